The van der Waals surface area contributed by atoms with Crippen molar-refractivity contribution < 1.29 is 27.8 Å². The quantitative estimate of drug-likeness (QED) is 0.302. The van der Waals surface area contributed by atoms with Crippen LogP contribution >= 0.6 is 0 Å². The summed E-state index contributed by atoms with van der Waals surface area (Å²) in [7, 11) is 0. The van der Waals surface area contributed by atoms with E-state index in [1.807, 2.05) is 37.3 Å². The van der Waals surface area contributed by atoms with Gasteiger partial charge in [0, 0.05) is 22.9 Å². The molecule has 30 heavy (non-hydrogen) atoms. The minimum absolute atomic E-state index is 0.120. The lowest BCUT2D eigenvalue weighted by atomic mass is 10.1. The molecule has 0 fully saturated rings. The zero-order valence-electron chi connectivity index (χ0n) is 16.7. The third-order valence-corrected chi connectivity index (χ3v) is 4.64. The molecule has 5 nitrogen and oxygen atoms in total. The highest BCUT2D eigenvalue weighted by atomic mass is 19.1. The van der Waals surface area contributed by atoms with Crippen molar-refractivity contribution in [3.05, 3.63) is 72.0 Å². The number of esters is 1. The molecule has 1 atom stereocenters. The number of hydrogen-bond donors (Lipinski definition) is 0. The van der Waals surface area contributed by atoms with Crippen LogP contribution in [-0.2, 0) is 9.53 Å². The first-order valence-corrected chi connectivity index (χ1v) is 9.64. The number of carbonyl (C=O) groups excluding carboxylic acids is 1. The van der Waals surface area contributed by atoms with Gasteiger partial charge >= 0.3 is 5.97 Å². The lowest BCUT2D eigenvalue weighted by molar-refractivity contribution is -0.151. The Kier molecular flexibility index (Phi) is 5.57. The number of rotatable bonds is 7. The van der Waals surface area contributed by atoms with Gasteiger partial charge in [0.1, 0.15) is 41.7 Å². The lowest BCUT2D eigenvalue weighted by Crippen LogP contribution is -2.27. The number of carbonyl (C=O) groups is 1. The average molecular weight is 408 g/mol. The van der Waals surface area contributed by atoms with Gasteiger partial charge < -0.3 is 18.6 Å². The summed E-state index contributed by atoms with van der Waals surface area (Å²) in [4.78, 5) is 12.2. The van der Waals surface area contributed by atoms with Gasteiger partial charge in [-0.2, -0.15) is 0 Å². The van der Waals surface area contributed by atoms with E-state index >= 15 is 0 Å². The maximum absolute atomic E-state index is 13.4. The summed E-state index contributed by atoms with van der Waals surface area (Å²) in [6.07, 6.45) is -0.803. The summed E-state index contributed by atoms with van der Waals surface area (Å²) in [5.41, 5.74) is 2.11. The van der Waals surface area contributed by atoms with Crippen LogP contribution in [-0.4, -0.2) is 25.3 Å². The van der Waals surface area contributed by atoms with Gasteiger partial charge in [-0.3, -0.25) is 0 Å². The third kappa shape index (κ3) is 4.38. The average Bonchev–Trinajstić information content (AvgIpc) is 3.07. The summed E-state index contributed by atoms with van der Waals surface area (Å²) >= 11 is 0. The SMILES string of the molecule is Cc1cccc(OCCOC(=O)C(C)Oc2ccc3c(c2)oc2cc(F)ccc23)c1. The van der Waals surface area contributed by atoms with Crippen molar-refractivity contribution in [2.75, 3.05) is 13.2 Å². The highest BCUT2D eigenvalue weighted by molar-refractivity contribution is 6.05. The van der Waals surface area contributed by atoms with Gasteiger partial charge in [-0.15, -0.1) is 0 Å². The van der Waals surface area contributed by atoms with E-state index in [1.165, 1.54) is 12.1 Å². The van der Waals surface area contributed by atoms with Crippen LogP contribution in [0.4, 0.5) is 4.39 Å². The molecule has 3 aromatic carbocycles. The fourth-order valence-corrected chi connectivity index (χ4v) is 3.18. The Bertz CT molecular complexity index is 1200. The number of ether oxygens (including phenoxy) is 3. The van der Waals surface area contributed by atoms with Crippen LogP contribution in [0, 0.1) is 12.7 Å². The highest BCUT2D eigenvalue weighted by Gasteiger charge is 2.17. The lowest BCUT2D eigenvalue weighted by Gasteiger charge is -2.14. The Balaban J connectivity index is 1.33. The molecule has 0 bridgehead atoms. The zero-order valence-corrected chi connectivity index (χ0v) is 16.7. The van der Waals surface area contributed by atoms with Crippen LogP contribution in [0.5, 0.6) is 11.5 Å². The predicted octanol–water partition coefficient (Wildman–Crippen LogP) is 5.42. The number of fused-ring (bicyclic) bond motifs is 3. The molecular formula is C24H21FO5. The molecule has 4 aromatic rings. The largest absolute Gasteiger partial charge is 0.490 e. The summed E-state index contributed by atoms with van der Waals surface area (Å²) in [5, 5.41) is 1.67. The van der Waals surface area contributed by atoms with Crippen LogP contribution in [0.1, 0.15) is 12.5 Å². The van der Waals surface area contributed by atoms with Gasteiger partial charge in [0.25, 0.3) is 0 Å². The molecule has 4 rings (SSSR count). The molecule has 0 aliphatic heterocycles. The van der Waals surface area contributed by atoms with E-state index in [0.29, 0.717) is 16.9 Å². The Labute approximate surface area is 173 Å². The minimum atomic E-state index is -0.803. The second-order valence-electron chi connectivity index (χ2n) is 6.99. The van der Waals surface area contributed by atoms with E-state index in [9.17, 15) is 9.18 Å². The minimum Gasteiger partial charge on any atom is -0.490 e. The number of hydrogen-bond acceptors (Lipinski definition) is 5. The van der Waals surface area contributed by atoms with Gasteiger partial charge in [-0.1, -0.05) is 12.1 Å². The second-order valence-corrected chi connectivity index (χ2v) is 6.99. The van der Waals surface area contributed by atoms with Crippen LogP contribution in [0.3, 0.4) is 0 Å². The maximum atomic E-state index is 13.4. The first kappa shape index (κ1) is 19.8. The number of furan rings is 1. The van der Waals surface area contributed by atoms with Gasteiger partial charge in [0.2, 0.25) is 0 Å². The van der Waals surface area contributed by atoms with Crippen molar-refractivity contribution in [1.82, 2.24) is 0 Å². The highest BCUT2D eigenvalue weighted by Crippen LogP contribution is 2.31. The van der Waals surface area contributed by atoms with Gasteiger partial charge in [-0.05, 0) is 55.8 Å². The zero-order chi connectivity index (χ0) is 21.1. The van der Waals surface area contributed by atoms with Crippen molar-refractivity contribution in [1.29, 1.82) is 0 Å². The molecule has 0 N–H and O–H groups in total. The van der Waals surface area contributed by atoms with Crippen molar-refractivity contribution in [3.8, 4) is 11.5 Å². The molecule has 0 spiro atoms. The maximum Gasteiger partial charge on any atom is 0.347 e. The molecule has 1 unspecified atom stereocenters. The summed E-state index contributed by atoms with van der Waals surface area (Å²) in [6.45, 7) is 3.97. The van der Waals surface area contributed by atoms with Gasteiger partial charge in [-0.25, -0.2) is 9.18 Å². The number of aryl methyl sites for hydroxylation is 1. The molecule has 0 saturated carbocycles. The third-order valence-electron chi connectivity index (χ3n) is 4.64. The Morgan fingerprint density at radius 1 is 0.967 bits per heavy atom. The molecular weight excluding hydrogens is 387 g/mol. The molecule has 0 aliphatic rings. The van der Waals surface area contributed by atoms with Crippen LogP contribution < -0.4 is 9.47 Å². The molecule has 0 radical (unpaired) electrons. The summed E-state index contributed by atoms with van der Waals surface area (Å²) in [5.74, 6) is 0.340. The Morgan fingerprint density at radius 3 is 2.53 bits per heavy atom. The van der Waals surface area contributed by atoms with E-state index in [1.54, 1.807) is 25.1 Å². The van der Waals surface area contributed by atoms with E-state index in [-0.39, 0.29) is 19.0 Å². The van der Waals surface area contributed by atoms with E-state index < -0.39 is 12.1 Å². The van der Waals surface area contributed by atoms with E-state index in [0.717, 1.165) is 22.1 Å². The summed E-state index contributed by atoms with van der Waals surface area (Å²) < 4.78 is 35.6. The normalized spacial score (nSPS) is 12.1. The van der Waals surface area contributed by atoms with Crippen LogP contribution in [0.15, 0.2) is 65.1 Å². The fraction of sp³-hybridized carbons (Fsp3) is 0.208. The molecule has 0 aliphatic carbocycles. The van der Waals surface area contributed by atoms with E-state index in [2.05, 4.69) is 0 Å². The molecule has 1 heterocycles. The van der Waals surface area contributed by atoms with Crippen molar-refractivity contribution in [2.24, 2.45) is 0 Å². The van der Waals surface area contributed by atoms with Crippen molar-refractivity contribution in [3.63, 3.8) is 0 Å². The van der Waals surface area contributed by atoms with Crippen LogP contribution in [0.25, 0.3) is 21.9 Å². The molecule has 0 amide bonds. The fourth-order valence-electron chi connectivity index (χ4n) is 3.18. The van der Waals surface area contributed by atoms with Crippen LogP contribution in [0.2, 0.25) is 0 Å². The van der Waals surface area contributed by atoms with Crippen molar-refractivity contribution >= 4 is 27.9 Å². The monoisotopic (exact) mass is 408 g/mol. The predicted molar refractivity (Wildman–Crippen MR) is 111 cm³/mol. The Hall–Kier alpha value is -3.54. The molecule has 154 valence electrons. The smallest absolute Gasteiger partial charge is 0.347 e. The first-order chi connectivity index (χ1) is 14.5. The van der Waals surface area contributed by atoms with E-state index in [4.69, 9.17) is 18.6 Å². The topological polar surface area (TPSA) is 57.9 Å². The molecule has 0 saturated heterocycles. The Morgan fingerprint density at radius 2 is 1.73 bits per heavy atom. The molecule has 6 heteroatoms. The first-order valence-electron chi connectivity index (χ1n) is 9.64. The van der Waals surface area contributed by atoms with Gasteiger partial charge in [0.15, 0.2) is 6.10 Å². The van der Waals surface area contributed by atoms with Gasteiger partial charge in [0.05, 0.1) is 0 Å². The summed E-state index contributed by atoms with van der Waals surface area (Å²) in [6, 6.07) is 17.3. The van der Waals surface area contributed by atoms with Crippen molar-refractivity contribution in [2.45, 2.75) is 20.0 Å². The second kappa shape index (κ2) is 8.45. The standard InChI is InChI=1S/C24H21FO5/c1-15-4-3-5-18(12-15)27-10-11-28-24(26)16(2)29-19-7-9-21-20-8-6-17(25)13-22(20)30-23(21)14-19/h3-9,12-14,16H,10-11H2,1-2H3. The molecule has 1 aromatic heterocycles. The number of benzene rings is 3. The number of halogens is 1.